The highest BCUT2D eigenvalue weighted by Gasteiger charge is 2.17. The number of hydrogen-bond acceptors (Lipinski definition) is 3. The second-order valence-corrected chi connectivity index (χ2v) is 5.72. The minimum absolute atomic E-state index is 0.0137. The lowest BCUT2D eigenvalue weighted by atomic mass is 10.2. The van der Waals surface area contributed by atoms with E-state index in [1.54, 1.807) is 0 Å². The largest absolute Gasteiger partial charge is 0.390 e. The molecule has 1 aromatic heterocycles. The fourth-order valence-electron chi connectivity index (χ4n) is 1.59. The summed E-state index contributed by atoms with van der Waals surface area (Å²) in [7, 11) is -3.80. The van der Waals surface area contributed by atoms with E-state index in [0.29, 0.717) is 5.69 Å². The van der Waals surface area contributed by atoms with Crippen molar-refractivity contribution in [1.82, 2.24) is 4.98 Å². The van der Waals surface area contributed by atoms with Gasteiger partial charge in [0.25, 0.3) is 10.0 Å². The summed E-state index contributed by atoms with van der Waals surface area (Å²) in [6.07, 6.45) is 1.27. The third-order valence-electron chi connectivity index (χ3n) is 2.71. The van der Waals surface area contributed by atoms with Crippen molar-refractivity contribution in [3.05, 3.63) is 47.5 Å². The van der Waals surface area contributed by atoms with Gasteiger partial charge in [0.2, 0.25) is 0 Å². The topological polar surface area (TPSA) is 82.2 Å². The van der Waals surface area contributed by atoms with Crippen molar-refractivity contribution in [2.75, 3.05) is 4.72 Å². The maximum atomic E-state index is 13.3. The van der Waals surface area contributed by atoms with Crippen LogP contribution in [0.5, 0.6) is 0 Å². The van der Waals surface area contributed by atoms with Crippen LogP contribution in [-0.4, -0.2) is 18.5 Å². The first-order valence-electron chi connectivity index (χ1n) is 5.50. The Morgan fingerprint density at radius 2 is 2.16 bits per heavy atom. The number of benzene rings is 1. The highest BCUT2D eigenvalue weighted by Crippen LogP contribution is 2.21. The first-order chi connectivity index (χ1) is 8.94. The fourth-order valence-corrected chi connectivity index (χ4v) is 2.73. The number of rotatable bonds is 4. The van der Waals surface area contributed by atoms with Crippen molar-refractivity contribution in [3.8, 4) is 0 Å². The number of H-pyrrole nitrogens is 1. The summed E-state index contributed by atoms with van der Waals surface area (Å²) in [5.41, 5.74) is 0.798. The standard InChI is InChI=1S/C12H13FN2O3S/c1-8-11(13)3-2-4-12(8)15-19(17,18)10-5-9(7-16)14-6-10/h2-6,14-16H,7H2,1H3. The fraction of sp³-hybridized carbons (Fsp3) is 0.167. The van der Waals surface area contributed by atoms with Crippen LogP contribution in [0, 0.1) is 12.7 Å². The first-order valence-corrected chi connectivity index (χ1v) is 6.98. The Bertz CT molecular complexity index is 695. The summed E-state index contributed by atoms with van der Waals surface area (Å²) in [4.78, 5) is 2.62. The molecule has 3 N–H and O–H groups in total. The zero-order chi connectivity index (χ0) is 14.0. The lowest BCUT2D eigenvalue weighted by Crippen LogP contribution is -2.13. The summed E-state index contributed by atoms with van der Waals surface area (Å²) in [6, 6.07) is 5.48. The van der Waals surface area contributed by atoms with Crippen LogP contribution in [0.15, 0.2) is 35.4 Å². The van der Waals surface area contributed by atoms with E-state index in [-0.39, 0.29) is 22.8 Å². The quantitative estimate of drug-likeness (QED) is 0.800. The molecule has 2 rings (SSSR count). The first kappa shape index (κ1) is 13.6. The van der Waals surface area contributed by atoms with E-state index >= 15 is 0 Å². The van der Waals surface area contributed by atoms with Crippen molar-refractivity contribution < 1.29 is 17.9 Å². The van der Waals surface area contributed by atoms with Gasteiger partial charge in [0.15, 0.2) is 0 Å². The zero-order valence-electron chi connectivity index (χ0n) is 10.1. The molecule has 0 atom stereocenters. The summed E-state index contributed by atoms with van der Waals surface area (Å²) in [5.74, 6) is -0.481. The van der Waals surface area contributed by atoms with Gasteiger partial charge in [-0.3, -0.25) is 4.72 Å². The molecule has 0 aliphatic rings. The van der Waals surface area contributed by atoms with Crippen LogP contribution < -0.4 is 4.72 Å². The monoisotopic (exact) mass is 284 g/mol. The molecular weight excluding hydrogens is 271 g/mol. The Labute approximate surface area is 110 Å². The average molecular weight is 284 g/mol. The maximum Gasteiger partial charge on any atom is 0.263 e. The Kier molecular flexibility index (Phi) is 3.59. The molecule has 0 radical (unpaired) electrons. The minimum atomic E-state index is -3.80. The zero-order valence-corrected chi connectivity index (χ0v) is 11.0. The molecule has 1 heterocycles. The van der Waals surface area contributed by atoms with Gasteiger partial charge < -0.3 is 10.1 Å². The lowest BCUT2D eigenvalue weighted by Gasteiger charge is -2.09. The van der Waals surface area contributed by atoms with E-state index in [1.165, 1.54) is 37.4 Å². The lowest BCUT2D eigenvalue weighted by molar-refractivity contribution is 0.277. The van der Waals surface area contributed by atoms with Crippen LogP contribution >= 0.6 is 0 Å². The Hall–Kier alpha value is -1.86. The molecule has 0 saturated carbocycles. The molecule has 0 unspecified atom stereocenters. The molecule has 0 aliphatic carbocycles. The molecule has 0 aliphatic heterocycles. The molecule has 1 aromatic carbocycles. The summed E-state index contributed by atoms with van der Waals surface area (Å²) >= 11 is 0. The van der Waals surface area contributed by atoms with Crippen molar-refractivity contribution in [3.63, 3.8) is 0 Å². The molecular formula is C12H13FN2O3S. The molecule has 2 aromatic rings. The van der Waals surface area contributed by atoms with Crippen molar-refractivity contribution >= 4 is 15.7 Å². The number of aromatic amines is 1. The second kappa shape index (κ2) is 5.02. The van der Waals surface area contributed by atoms with Crippen LogP contribution in [0.1, 0.15) is 11.3 Å². The van der Waals surface area contributed by atoms with Gasteiger partial charge in [0.05, 0.1) is 12.3 Å². The molecule has 0 spiro atoms. The number of nitrogens with one attached hydrogen (secondary N) is 2. The second-order valence-electron chi connectivity index (χ2n) is 4.04. The van der Waals surface area contributed by atoms with E-state index in [0.717, 1.165) is 0 Å². The predicted octanol–water partition coefficient (Wildman–Crippen LogP) is 1.76. The highest BCUT2D eigenvalue weighted by molar-refractivity contribution is 7.92. The summed E-state index contributed by atoms with van der Waals surface area (Å²) in [5, 5.41) is 8.89. The Morgan fingerprint density at radius 1 is 1.42 bits per heavy atom. The van der Waals surface area contributed by atoms with Gasteiger partial charge in [-0.1, -0.05) is 6.07 Å². The predicted molar refractivity (Wildman–Crippen MR) is 68.7 cm³/mol. The smallest absolute Gasteiger partial charge is 0.263 e. The van der Waals surface area contributed by atoms with Crippen molar-refractivity contribution in [1.29, 1.82) is 0 Å². The molecule has 0 fully saturated rings. The molecule has 0 saturated heterocycles. The highest BCUT2D eigenvalue weighted by atomic mass is 32.2. The Morgan fingerprint density at radius 3 is 2.79 bits per heavy atom. The normalized spacial score (nSPS) is 11.5. The number of sulfonamides is 1. The summed E-state index contributed by atoms with van der Waals surface area (Å²) in [6.45, 7) is 1.21. The molecule has 0 amide bonds. The van der Waals surface area contributed by atoms with Crippen LogP contribution in [0.4, 0.5) is 10.1 Å². The third-order valence-corrected chi connectivity index (χ3v) is 4.05. The molecule has 102 valence electrons. The van der Waals surface area contributed by atoms with E-state index < -0.39 is 15.8 Å². The van der Waals surface area contributed by atoms with Gasteiger partial charge in [-0.25, -0.2) is 12.8 Å². The molecule has 0 bridgehead atoms. The molecule has 19 heavy (non-hydrogen) atoms. The number of halogens is 1. The SMILES string of the molecule is Cc1c(F)cccc1NS(=O)(=O)c1c[nH]c(CO)c1. The van der Waals surface area contributed by atoms with E-state index in [2.05, 4.69) is 9.71 Å². The van der Waals surface area contributed by atoms with Gasteiger partial charge in [-0.05, 0) is 25.1 Å². The average Bonchev–Trinajstić information content (AvgIpc) is 2.84. The number of hydrogen-bond donors (Lipinski definition) is 3. The Balaban J connectivity index is 2.33. The van der Waals surface area contributed by atoms with Crippen molar-refractivity contribution in [2.45, 2.75) is 18.4 Å². The van der Waals surface area contributed by atoms with Crippen LogP contribution in [0.3, 0.4) is 0 Å². The van der Waals surface area contributed by atoms with E-state index in [4.69, 9.17) is 5.11 Å². The van der Waals surface area contributed by atoms with Gasteiger partial charge in [0, 0.05) is 17.5 Å². The van der Waals surface area contributed by atoms with E-state index in [9.17, 15) is 12.8 Å². The van der Waals surface area contributed by atoms with Crippen LogP contribution in [0.25, 0.3) is 0 Å². The van der Waals surface area contributed by atoms with Gasteiger partial charge >= 0.3 is 0 Å². The van der Waals surface area contributed by atoms with Gasteiger partial charge in [0.1, 0.15) is 10.7 Å². The minimum Gasteiger partial charge on any atom is -0.390 e. The third kappa shape index (κ3) is 2.77. The number of aromatic nitrogens is 1. The van der Waals surface area contributed by atoms with Crippen LogP contribution in [0.2, 0.25) is 0 Å². The number of aliphatic hydroxyl groups excluding tert-OH is 1. The molecule has 7 heteroatoms. The van der Waals surface area contributed by atoms with Crippen LogP contribution in [-0.2, 0) is 16.6 Å². The molecule has 5 nitrogen and oxygen atoms in total. The van der Waals surface area contributed by atoms with Crippen molar-refractivity contribution in [2.24, 2.45) is 0 Å². The van der Waals surface area contributed by atoms with E-state index in [1.807, 2.05) is 0 Å². The summed E-state index contributed by atoms with van der Waals surface area (Å²) < 4.78 is 39.8. The van der Waals surface area contributed by atoms with Gasteiger partial charge in [-0.15, -0.1) is 0 Å². The van der Waals surface area contributed by atoms with Gasteiger partial charge in [-0.2, -0.15) is 0 Å². The number of anilines is 1. The maximum absolute atomic E-state index is 13.3. The number of aliphatic hydroxyl groups is 1.